The monoisotopic (exact) mass is 219 g/mol. The summed E-state index contributed by atoms with van der Waals surface area (Å²) in [4.78, 5) is 0. The minimum absolute atomic E-state index is 0.0300. The molecule has 1 aliphatic heterocycles. The summed E-state index contributed by atoms with van der Waals surface area (Å²) in [5.74, 6) is 0.226. The Balaban J connectivity index is 2.21. The first-order valence-electron chi connectivity index (χ1n) is 5.26. The molecule has 1 saturated carbocycles. The van der Waals surface area contributed by atoms with E-state index in [2.05, 4.69) is 0 Å². The standard InChI is InChI=1S/C12H10FNO2/c13-10-2-7(5-15)8-1-6-3-11(6)16-12(8)9(10)4-14/h2,6,11,15H,1,3,5H2. The molecule has 1 N–H and O–H groups in total. The van der Waals surface area contributed by atoms with Crippen LogP contribution in [0.25, 0.3) is 0 Å². The van der Waals surface area contributed by atoms with Gasteiger partial charge in [0.1, 0.15) is 29.3 Å². The number of ether oxygens (including phenoxy) is 1. The highest BCUT2D eigenvalue weighted by Gasteiger charge is 2.45. The van der Waals surface area contributed by atoms with Crippen molar-refractivity contribution in [3.05, 3.63) is 28.6 Å². The zero-order valence-electron chi connectivity index (χ0n) is 8.53. The fourth-order valence-electron chi connectivity index (χ4n) is 2.31. The third kappa shape index (κ3) is 1.22. The number of aliphatic hydroxyl groups is 1. The highest BCUT2D eigenvalue weighted by Crippen LogP contribution is 2.47. The lowest BCUT2D eigenvalue weighted by Crippen LogP contribution is -2.15. The first-order chi connectivity index (χ1) is 7.74. The molecule has 82 valence electrons. The number of nitrogens with zero attached hydrogens (tertiary/aromatic N) is 1. The molecule has 2 atom stereocenters. The van der Waals surface area contributed by atoms with Crippen LogP contribution < -0.4 is 4.74 Å². The van der Waals surface area contributed by atoms with Gasteiger partial charge in [0.25, 0.3) is 0 Å². The average Bonchev–Trinajstić information content (AvgIpc) is 3.03. The van der Waals surface area contributed by atoms with E-state index in [1.807, 2.05) is 6.07 Å². The van der Waals surface area contributed by atoms with E-state index in [0.29, 0.717) is 17.2 Å². The topological polar surface area (TPSA) is 53.2 Å². The summed E-state index contributed by atoms with van der Waals surface area (Å²) in [5.41, 5.74) is 1.31. The number of nitriles is 1. The van der Waals surface area contributed by atoms with E-state index in [-0.39, 0.29) is 18.3 Å². The number of hydrogen-bond donors (Lipinski definition) is 1. The molecule has 1 aromatic rings. The molecule has 0 radical (unpaired) electrons. The molecule has 4 heteroatoms. The molecule has 1 aliphatic carbocycles. The zero-order chi connectivity index (χ0) is 11.3. The number of aliphatic hydroxyl groups excluding tert-OH is 1. The van der Waals surface area contributed by atoms with Crippen LogP contribution in [0.5, 0.6) is 5.75 Å². The number of hydrogen-bond acceptors (Lipinski definition) is 3. The Bertz CT molecular complexity index is 507. The van der Waals surface area contributed by atoms with E-state index >= 15 is 0 Å². The number of benzene rings is 1. The molecule has 3 nitrogen and oxygen atoms in total. The summed E-state index contributed by atoms with van der Waals surface area (Å²) >= 11 is 0. The molecule has 0 amide bonds. The minimum Gasteiger partial charge on any atom is -0.488 e. The van der Waals surface area contributed by atoms with Gasteiger partial charge in [0.05, 0.1) is 6.61 Å². The average molecular weight is 219 g/mol. The van der Waals surface area contributed by atoms with Crippen LogP contribution in [-0.2, 0) is 13.0 Å². The summed E-state index contributed by atoms with van der Waals surface area (Å²) in [6, 6.07) is 3.07. The maximum Gasteiger partial charge on any atom is 0.145 e. The van der Waals surface area contributed by atoms with Crippen LogP contribution in [0.3, 0.4) is 0 Å². The van der Waals surface area contributed by atoms with Crippen molar-refractivity contribution in [1.82, 2.24) is 0 Å². The predicted octanol–water partition coefficient (Wildman–Crippen LogP) is 1.51. The van der Waals surface area contributed by atoms with Gasteiger partial charge in [0, 0.05) is 11.5 Å². The highest BCUT2D eigenvalue weighted by atomic mass is 19.1. The Labute approximate surface area is 92.1 Å². The summed E-state index contributed by atoms with van der Waals surface area (Å²) in [5, 5.41) is 18.1. The van der Waals surface area contributed by atoms with E-state index in [0.717, 1.165) is 18.4 Å². The Morgan fingerprint density at radius 3 is 3.12 bits per heavy atom. The maximum atomic E-state index is 13.6. The van der Waals surface area contributed by atoms with Gasteiger partial charge in [0.2, 0.25) is 0 Å². The van der Waals surface area contributed by atoms with Crippen molar-refractivity contribution in [2.24, 2.45) is 5.92 Å². The predicted molar refractivity (Wildman–Crippen MR) is 53.3 cm³/mol. The number of rotatable bonds is 1. The Kier molecular flexibility index (Phi) is 1.92. The van der Waals surface area contributed by atoms with Gasteiger partial charge in [-0.05, 0) is 24.5 Å². The molecular weight excluding hydrogens is 209 g/mol. The molecular formula is C12H10FNO2. The van der Waals surface area contributed by atoms with Gasteiger partial charge in [-0.2, -0.15) is 5.26 Å². The second-order valence-corrected chi connectivity index (χ2v) is 4.33. The molecule has 0 saturated heterocycles. The molecule has 2 aliphatic rings. The van der Waals surface area contributed by atoms with Gasteiger partial charge in [0.15, 0.2) is 0 Å². The van der Waals surface area contributed by atoms with Crippen LogP contribution in [0, 0.1) is 23.1 Å². The Morgan fingerprint density at radius 2 is 2.44 bits per heavy atom. The first-order valence-corrected chi connectivity index (χ1v) is 5.26. The first kappa shape index (κ1) is 9.61. The molecule has 2 unspecified atom stereocenters. The normalized spacial score (nSPS) is 25.1. The van der Waals surface area contributed by atoms with Gasteiger partial charge in [-0.25, -0.2) is 4.39 Å². The van der Waals surface area contributed by atoms with Gasteiger partial charge >= 0.3 is 0 Å². The van der Waals surface area contributed by atoms with Gasteiger partial charge in [-0.3, -0.25) is 0 Å². The smallest absolute Gasteiger partial charge is 0.145 e. The van der Waals surface area contributed by atoms with E-state index in [1.165, 1.54) is 6.07 Å². The van der Waals surface area contributed by atoms with Crippen molar-refractivity contribution >= 4 is 0 Å². The van der Waals surface area contributed by atoms with E-state index in [1.54, 1.807) is 0 Å². The van der Waals surface area contributed by atoms with Crippen LogP contribution in [0.2, 0.25) is 0 Å². The lowest BCUT2D eigenvalue weighted by molar-refractivity contribution is 0.252. The molecule has 0 aromatic heterocycles. The van der Waals surface area contributed by atoms with Crippen molar-refractivity contribution in [1.29, 1.82) is 5.26 Å². The lowest BCUT2D eigenvalue weighted by Gasteiger charge is -2.20. The minimum atomic E-state index is -0.607. The number of halogens is 1. The van der Waals surface area contributed by atoms with Gasteiger partial charge in [-0.15, -0.1) is 0 Å². The fourth-order valence-corrected chi connectivity index (χ4v) is 2.31. The summed E-state index contributed by atoms with van der Waals surface area (Å²) < 4.78 is 19.1. The summed E-state index contributed by atoms with van der Waals surface area (Å²) in [6.45, 7) is -0.217. The van der Waals surface area contributed by atoms with Crippen LogP contribution in [-0.4, -0.2) is 11.2 Å². The van der Waals surface area contributed by atoms with Gasteiger partial charge < -0.3 is 9.84 Å². The van der Waals surface area contributed by atoms with Crippen molar-refractivity contribution in [3.63, 3.8) is 0 Å². The second-order valence-electron chi connectivity index (χ2n) is 4.33. The highest BCUT2D eigenvalue weighted by molar-refractivity contribution is 5.54. The quantitative estimate of drug-likeness (QED) is 0.779. The second kappa shape index (κ2) is 3.19. The Hall–Kier alpha value is -1.60. The van der Waals surface area contributed by atoms with Crippen molar-refractivity contribution in [3.8, 4) is 11.8 Å². The molecule has 1 fully saturated rings. The van der Waals surface area contributed by atoms with Crippen LogP contribution >= 0.6 is 0 Å². The molecule has 1 aromatic carbocycles. The number of fused-ring (bicyclic) bond motifs is 2. The van der Waals surface area contributed by atoms with E-state index in [4.69, 9.17) is 10.00 Å². The molecule has 0 bridgehead atoms. The molecule has 3 rings (SSSR count). The SMILES string of the molecule is N#Cc1c(F)cc(CO)c2c1OC1CC1C2. The third-order valence-corrected chi connectivity index (χ3v) is 3.30. The summed E-state index contributed by atoms with van der Waals surface area (Å²) in [7, 11) is 0. The van der Waals surface area contributed by atoms with Crippen molar-refractivity contribution < 1.29 is 14.2 Å². The fraction of sp³-hybridized carbons (Fsp3) is 0.417. The largest absolute Gasteiger partial charge is 0.488 e. The third-order valence-electron chi connectivity index (χ3n) is 3.30. The van der Waals surface area contributed by atoms with Gasteiger partial charge in [-0.1, -0.05) is 0 Å². The zero-order valence-corrected chi connectivity index (χ0v) is 8.53. The molecule has 16 heavy (non-hydrogen) atoms. The summed E-state index contributed by atoms with van der Waals surface area (Å²) in [6.07, 6.45) is 1.89. The van der Waals surface area contributed by atoms with E-state index < -0.39 is 5.82 Å². The van der Waals surface area contributed by atoms with Crippen LogP contribution in [0.1, 0.15) is 23.1 Å². The van der Waals surface area contributed by atoms with E-state index in [9.17, 15) is 9.50 Å². The van der Waals surface area contributed by atoms with Crippen molar-refractivity contribution in [2.75, 3.05) is 0 Å². The molecule has 0 spiro atoms. The molecule has 1 heterocycles. The lowest BCUT2D eigenvalue weighted by atomic mass is 9.96. The van der Waals surface area contributed by atoms with Crippen molar-refractivity contribution in [2.45, 2.75) is 25.6 Å². The van der Waals surface area contributed by atoms with Crippen LogP contribution in [0.4, 0.5) is 4.39 Å². The van der Waals surface area contributed by atoms with Crippen LogP contribution in [0.15, 0.2) is 6.07 Å². The maximum absolute atomic E-state index is 13.6. The Morgan fingerprint density at radius 1 is 1.62 bits per heavy atom.